The lowest BCUT2D eigenvalue weighted by Gasteiger charge is -2.36. The van der Waals surface area contributed by atoms with E-state index >= 15 is 0 Å². The van der Waals surface area contributed by atoms with Crippen LogP contribution < -0.4 is 24.3 Å². The average Bonchev–Trinajstić information content (AvgIpc) is 3.60. The minimum Gasteiger partial charge on any atom is -0.497 e. The number of thioether (sulfide) groups is 1. The van der Waals surface area contributed by atoms with Gasteiger partial charge in [0.15, 0.2) is 6.20 Å². The summed E-state index contributed by atoms with van der Waals surface area (Å²) in [6.45, 7) is 0.742. The van der Waals surface area contributed by atoms with Crippen LogP contribution in [0, 0.1) is 0 Å². The van der Waals surface area contributed by atoms with E-state index in [9.17, 15) is 9.90 Å². The normalized spacial score (nSPS) is 13.7. The molecule has 1 amide bonds. The predicted octanol–water partition coefficient (Wildman–Crippen LogP) is 8.08. The second-order valence-corrected chi connectivity index (χ2v) is 14.5. The molecule has 0 fully saturated rings. The van der Waals surface area contributed by atoms with Crippen LogP contribution >= 0.6 is 11.8 Å². The number of aliphatic hydroxyl groups is 1. The van der Waals surface area contributed by atoms with Crippen LogP contribution in [0.15, 0.2) is 150 Å². The molecule has 6 aromatic rings. The number of carbonyl (C=O) groups is 1. The number of aliphatic hydroxyl groups excluding tert-OH is 1. The van der Waals surface area contributed by atoms with Gasteiger partial charge >= 0.3 is 6.09 Å². The van der Waals surface area contributed by atoms with E-state index in [1.165, 1.54) is 10.3 Å². The lowest BCUT2D eigenvalue weighted by atomic mass is 9.80. The molecule has 0 radical (unpaired) electrons. The van der Waals surface area contributed by atoms with Crippen molar-refractivity contribution in [3.63, 3.8) is 0 Å². The molecule has 5 aromatic carbocycles. The van der Waals surface area contributed by atoms with E-state index in [4.69, 9.17) is 18.9 Å². The van der Waals surface area contributed by atoms with E-state index in [-0.39, 0.29) is 19.8 Å². The van der Waals surface area contributed by atoms with Gasteiger partial charge in [-0.1, -0.05) is 90.6 Å². The van der Waals surface area contributed by atoms with Crippen LogP contribution in [0.2, 0.25) is 0 Å². The van der Waals surface area contributed by atoms with Gasteiger partial charge < -0.3 is 34.3 Å². The number of fused-ring (bicyclic) bond motifs is 2. The number of alkyl carbamates (subject to hydrolysis) is 1. The first-order valence-corrected chi connectivity index (χ1v) is 19.4. The summed E-state index contributed by atoms with van der Waals surface area (Å²) in [5.41, 5.74) is 4.92. The van der Waals surface area contributed by atoms with Gasteiger partial charge in [0.2, 0.25) is 5.52 Å². The van der Waals surface area contributed by atoms with Crippen molar-refractivity contribution in [2.75, 3.05) is 45.4 Å². The Hall–Kier alpha value is -5.81. The Morgan fingerprint density at radius 2 is 1.45 bits per heavy atom. The number of methoxy groups -OCH3 is 2. The molecule has 0 unspecified atom stereocenters. The average molecular weight is 769 g/mol. The molecule has 1 aliphatic heterocycles. The minimum atomic E-state index is -1.09. The van der Waals surface area contributed by atoms with E-state index in [2.05, 4.69) is 82.6 Å². The molecule has 0 spiro atoms. The van der Waals surface area contributed by atoms with Crippen molar-refractivity contribution < 1.29 is 33.4 Å². The number of hydrogen-bond donors (Lipinski definition) is 2. The third-order valence-electron chi connectivity index (χ3n) is 9.90. The fourth-order valence-corrected chi connectivity index (χ4v) is 8.17. The fraction of sp³-hybridized carbons (Fsp3) is 0.217. The summed E-state index contributed by atoms with van der Waals surface area (Å²) in [6.07, 6.45) is 3.31. The number of amides is 1. The molecule has 9 nitrogen and oxygen atoms in total. The summed E-state index contributed by atoms with van der Waals surface area (Å²) in [5, 5.41) is 16.2. The number of aryl methyl sites for hydroxylation is 1. The number of nitrogens with one attached hydrogen (secondary N) is 1. The quantitative estimate of drug-likeness (QED) is 0.0616. The van der Waals surface area contributed by atoms with Crippen LogP contribution in [-0.4, -0.2) is 57.8 Å². The number of aromatic nitrogens is 1. The first-order chi connectivity index (χ1) is 27.4. The number of rotatable bonds is 15. The van der Waals surface area contributed by atoms with Crippen molar-refractivity contribution in [3.8, 4) is 11.5 Å². The van der Waals surface area contributed by atoms with Gasteiger partial charge in [0.1, 0.15) is 24.1 Å². The van der Waals surface area contributed by atoms with Crippen LogP contribution in [0.1, 0.15) is 28.7 Å². The SMILES string of the molecule is COc1ccc(C(OC[C@@H](O)CNC(=O)OCCCN2/C(=C/c3cc[n+](C)c4ccccc34)Sc3ccccc32)(c2ccccc2)c2ccc(OC)cc2)cc1. The van der Waals surface area contributed by atoms with E-state index < -0.39 is 17.8 Å². The highest BCUT2D eigenvalue weighted by Gasteiger charge is 2.38. The van der Waals surface area contributed by atoms with Crippen LogP contribution in [0.3, 0.4) is 0 Å². The van der Waals surface area contributed by atoms with Gasteiger partial charge in [-0.05, 0) is 77.2 Å². The second kappa shape index (κ2) is 17.8. The first kappa shape index (κ1) is 38.5. The van der Waals surface area contributed by atoms with Crippen LogP contribution in [0.25, 0.3) is 17.0 Å². The Labute approximate surface area is 332 Å². The van der Waals surface area contributed by atoms with E-state index in [0.717, 1.165) is 38.5 Å². The van der Waals surface area contributed by atoms with Gasteiger partial charge in [-0.15, -0.1) is 0 Å². The summed E-state index contributed by atoms with van der Waals surface area (Å²) in [5.74, 6) is 1.42. The molecule has 2 heterocycles. The van der Waals surface area contributed by atoms with Crippen molar-refractivity contribution in [2.24, 2.45) is 7.05 Å². The highest BCUT2D eigenvalue weighted by molar-refractivity contribution is 8.03. The highest BCUT2D eigenvalue weighted by Crippen LogP contribution is 2.47. The molecule has 2 N–H and O–H groups in total. The van der Waals surface area contributed by atoms with Crippen molar-refractivity contribution in [1.29, 1.82) is 0 Å². The molecule has 0 saturated carbocycles. The summed E-state index contributed by atoms with van der Waals surface area (Å²) in [7, 11) is 5.31. The van der Waals surface area contributed by atoms with Crippen molar-refractivity contribution in [2.45, 2.75) is 23.0 Å². The van der Waals surface area contributed by atoms with Gasteiger partial charge in [0.05, 0.1) is 49.6 Å². The number of carbonyl (C=O) groups excluding carboxylic acids is 1. The summed E-state index contributed by atoms with van der Waals surface area (Å²) in [4.78, 5) is 16.3. The Morgan fingerprint density at radius 1 is 0.821 bits per heavy atom. The molecule has 10 heteroatoms. The molecule has 1 aliphatic rings. The monoisotopic (exact) mass is 768 g/mol. The number of para-hydroxylation sites is 2. The number of anilines is 1. The number of benzene rings is 5. The lowest BCUT2D eigenvalue weighted by molar-refractivity contribution is -0.644. The predicted molar refractivity (Wildman–Crippen MR) is 221 cm³/mol. The maximum Gasteiger partial charge on any atom is 0.407 e. The van der Waals surface area contributed by atoms with Gasteiger partial charge in [-0.25, -0.2) is 9.36 Å². The summed E-state index contributed by atoms with van der Waals surface area (Å²) in [6, 6.07) is 44.1. The zero-order chi connectivity index (χ0) is 38.9. The topological polar surface area (TPSA) is 93.4 Å². The first-order valence-electron chi connectivity index (χ1n) is 18.6. The molecule has 0 aliphatic carbocycles. The molecule has 286 valence electrons. The molecular weight excluding hydrogens is 723 g/mol. The molecule has 1 atom stereocenters. The maximum atomic E-state index is 12.8. The van der Waals surface area contributed by atoms with Crippen LogP contribution in [0.5, 0.6) is 11.5 Å². The van der Waals surface area contributed by atoms with Gasteiger partial charge in [0, 0.05) is 30.1 Å². The molecule has 0 saturated heterocycles. The fourth-order valence-electron chi connectivity index (χ4n) is 7.03. The number of pyridine rings is 1. The van der Waals surface area contributed by atoms with Crippen LogP contribution in [-0.2, 0) is 22.1 Å². The molecule has 1 aromatic heterocycles. The van der Waals surface area contributed by atoms with Crippen molar-refractivity contribution >= 4 is 40.5 Å². The zero-order valence-electron chi connectivity index (χ0n) is 31.8. The largest absolute Gasteiger partial charge is 0.497 e. The van der Waals surface area contributed by atoms with E-state index in [0.29, 0.717) is 24.5 Å². The van der Waals surface area contributed by atoms with Crippen LogP contribution in [0.4, 0.5) is 10.5 Å². The Balaban J connectivity index is 0.985. The summed E-state index contributed by atoms with van der Waals surface area (Å²) < 4.78 is 25.3. The zero-order valence-corrected chi connectivity index (χ0v) is 32.6. The Bertz CT molecular complexity index is 2230. The number of ether oxygens (including phenoxy) is 4. The van der Waals surface area contributed by atoms with E-state index in [1.807, 2.05) is 84.9 Å². The van der Waals surface area contributed by atoms with E-state index in [1.54, 1.807) is 26.0 Å². The maximum absolute atomic E-state index is 12.8. The van der Waals surface area contributed by atoms with Gasteiger partial charge in [-0.2, -0.15) is 0 Å². The van der Waals surface area contributed by atoms with Gasteiger partial charge in [-0.3, -0.25) is 0 Å². The third kappa shape index (κ3) is 8.38. The molecular formula is C46H46N3O6S+. The lowest BCUT2D eigenvalue weighted by Crippen LogP contribution is -2.40. The molecule has 56 heavy (non-hydrogen) atoms. The van der Waals surface area contributed by atoms with Gasteiger partial charge in [0.25, 0.3) is 0 Å². The Morgan fingerprint density at radius 3 is 2.14 bits per heavy atom. The molecule has 7 rings (SSSR count). The minimum absolute atomic E-state index is 0.0548. The van der Waals surface area contributed by atoms with Crippen molar-refractivity contribution in [3.05, 3.63) is 167 Å². The smallest absolute Gasteiger partial charge is 0.407 e. The number of hydrogen-bond acceptors (Lipinski definition) is 8. The van der Waals surface area contributed by atoms with Crippen molar-refractivity contribution in [1.82, 2.24) is 5.32 Å². The highest BCUT2D eigenvalue weighted by atomic mass is 32.2. The standard InChI is InChI=1S/C46H45N3O6S/c1-48-28-26-33(40-14-7-8-15-41(40)48)30-44-49(42-16-9-10-17-43(42)56-44)27-11-29-54-45(51)47-31-37(50)32-55-46(34-12-5-4-6-13-34,35-18-22-38(52-2)23-19-35)36-20-24-39(53-3)25-21-36/h4-10,12-26,28,30,37,50H,11,27,29,31-32H2,1-3H3/p+1/t37-/m0/s1. The molecule has 0 bridgehead atoms. The number of nitrogens with zero attached hydrogens (tertiary/aromatic N) is 2. The third-order valence-corrected chi connectivity index (χ3v) is 11.0. The summed E-state index contributed by atoms with van der Waals surface area (Å²) >= 11 is 1.74. The second-order valence-electron chi connectivity index (χ2n) is 13.4. The Kier molecular flexibility index (Phi) is 12.2.